The van der Waals surface area contributed by atoms with Crippen LogP contribution >= 0.6 is 0 Å². The van der Waals surface area contributed by atoms with Crippen molar-refractivity contribution in [1.29, 1.82) is 0 Å². The minimum Gasteiger partial charge on any atom is -0.481 e. The number of nitrogens with zero attached hydrogens (tertiary/aromatic N) is 1. The number of ether oxygens (including phenoxy) is 1. The minimum atomic E-state index is -0.843. The summed E-state index contributed by atoms with van der Waals surface area (Å²) in [6, 6.07) is 7.46. The molecular weight excluding hydrogens is 306 g/mol. The Balaban J connectivity index is 2.06. The maximum absolute atomic E-state index is 12.6. The summed E-state index contributed by atoms with van der Waals surface area (Å²) in [4.78, 5) is 25.4. The second-order valence-corrected chi connectivity index (χ2v) is 7.54. The number of carboxylic acid groups (broad SMARTS) is 1. The maximum Gasteiger partial charge on any atom is 0.308 e. The highest BCUT2D eigenvalue weighted by atomic mass is 16.5. The molecule has 5 nitrogen and oxygen atoms in total. The lowest BCUT2D eigenvalue weighted by molar-refractivity contribution is -0.144. The lowest BCUT2D eigenvalue weighted by Crippen LogP contribution is -2.44. The van der Waals surface area contributed by atoms with E-state index in [1.54, 1.807) is 18.7 Å². The second-order valence-electron chi connectivity index (χ2n) is 7.54. The number of aliphatic carboxylic acids is 1. The van der Waals surface area contributed by atoms with E-state index in [0.29, 0.717) is 18.7 Å². The van der Waals surface area contributed by atoms with E-state index < -0.39 is 18.0 Å². The molecule has 1 amide bonds. The molecule has 0 saturated carbocycles. The van der Waals surface area contributed by atoms with Gasteiger partial charge in [-0.2, -0.15) is 0 Å². The molecule has 132 valence electrons. The predicted molar refractivity (Wildman–Crippen MR) is 92.1 cm³/mol. The standard InChI is InChI=1S/C19H27NO4/c1-12-16(18(22)23)9-10-20(12)17(21)13(2)24-15-8-6-7-14(11-15)19(3,4)5/h6-8,11-13,16H,9-10H2,1-5H3,(H,22,23). The van der Waals surface area contributed by atoms with E-state index in [1.807, 2.05) is 24.3 Å². The molecule has 0 radical (unpaired) electrons. The molecule has 1 saturated heterocycles. The van der Waals surface area contributed by atoms with Gasteiger partial charge in [-0.15, -0.1) is 0 Å². The molecule has 3 unspecified atom stereocenters. The topological polar surface area (TPSA) is 66.8 Å². The number of amides is 1. The van der Waals surface area contributed by atoms with E-state index in [9.17, 15) is 14.7 Å². The van der Waals surface area contributed by atoms with Crippen LogP contribution in [0.3, 0.4) is 0 Å². The molecule has 0 bridgehead atoms. The van der Waals surface area contributed by atoms with Crippen LogP contribution in [0, 0.1) is 5.92 Å². The van der Waals surface area contributed by atoms with Crippen LogP contribution in [0.5, 0.6) is 5.75 Å². The summed E-state index contributed by atoms with van der Waals surface area (Å²) >= 11 is 0. The van der Waals surface area contributed by atoms with Crippen LogP contribution in [0.15, 0.2) is 24.3 Å². The zero-order valence-corrected chi connectivity index (χ0v) is 15.1. The van der Waals surface area contributed by atoms with Crippen LogP contribution < -0.4 is 4.74 Å². The fourth-order valence-corrected chi connectivity index (χ4v) is 3.10. The molecule has 0 aliphatic carbocycles. The number of carbonyl (C=O) groups is 2. The molecule has 24 heavy (non-hydrogen) atoms. The first-order valence-corrected chi connectivity index (χ1v) is 8.41. The molecule has 1 fully saturated rings. The zero-order valence-electron chi connectivity index (χ0n) is 15.1. The van der Waals surface area contributed by atoms with Crippen molar-refractivity contribution in [2.75, 3.05) is 6.54 Å². The lowest BCUT2D eigenvalue weighted by Gasteiger charge is -2.27. The molecule has 3 atom stereocenters. The number of benzene rings is 1. The Morgan fingerprint density at radius 3 is 2.54 bits per heavy atom. The van der Waals surface area contributed by atoms with Gasteiger partial charge in [0.1, 0.15) is 5.75 Å². The average molecular weight is 333 g/mol. The Morgan fingerprint density at radius 2 is 2.00 bits per heavy atom. The number of likely N-dealkylation sites (tertiary alicyclic amines) is 1. The molecule has 1 aromatic rings. The van der Waals surface area contributed by atoms with Crippen LogP contribution in [0.25, 0.3) is 0 Å². The summed E-state index contributed by atoms with van der Waals surface area (Å²) in [5, 5.41) is 9.19. The fourth-order valence-electron chi connectivity index (χ4n) is 3.10. The zero-order chi connectivity index (χ0) is 18.1. The lowest BCUT2D eigenvalue weighted by atomic mass is 9.87. The molecule has 1 aliphatic rings. The molecule has 1 N–H and O–H groups in total. The van der Waals surface area contributed by atoms with Crippen LogP contribution in [-0.4, -0.2) is 40.6 Å². The van der Waals surface area contributed by atoms with Crippen LogP contribution in [0.4, 0.5) is 0 Å². The van der Waals surface area contributed by atoms with Crippen molar-refractivity contribution < 1.29 is 19.4 Å². The molecule has 0 spiro atoms. The number of carbonyl (C=O) groups excluding carboxylic acids is 1. The van der Waals surface area contributed by atoms with Crippen LogP contribution in [0.2, 0.25) is 0 Å². The summed E-state index contributed by atoms with van der Waals surface area (Å²) in [5.41, 5.74) is 1.14. The Bertz CT molecular complexity index is 620. The molecule has 1 heterocycles. The van der Waals surface area contributed by atoms with Crippen molar-refractivity contribution >= 4 is 11.9 Å². The average Bonchev–Trinajstić information content (AvgIpc) is 2.87. The van der Waals surface area contributed by atoms with Crippen molar-refractivity contribution in [3.63, 3.8) is 0 Å². The molecule has 0 aromatic heterocycles. The first-order valence-electron chi connectivity index (χ1n) is 8.41. The SMILES string of the molecule is CC(Oc1cccc(C(C)(C)C)c1)C(=O)N1CCC(C(=O)O)C1C. The Hall–Kier alpha value is -2.04. The minimum absolute atomic E-state index is 0.00475. The van der Waals surface area contributed by atoms with Gasteiger partial charge >= 0.3 is 5.97 Å². The highest BCUT2D eigenvalue weighted by Gasteiger charge is 2.39. The molecular formula is C19H27NO4. The summed E-state index contributed by atoms with van der Waals surface area (Å²) in [5.74, 6) is -0.841. The summed E-state index contributed by atoms with van der Waals surface area (Å²) in [7, 11) is 0. The van der Waals surface area contributed by atoms with Gasteiger partial charge in [0.2, 0.25) is 0 Å². The fraction of sp³-hybridized carbons (Fsp3) is 0.579. The molecule has 5 heteroatoms. The highest BCUT2D eigenvalue weighted by Crippen LogP contribution is 2.28. The van der Waals surface area contributed by atoms with Crippen LogP contribution in [-0.2, 0) is 15.0 Å². The summed E-state index contributed by atoms with van der Waals surface area (Å²) in [6.45, 7) is 10.3. The second kappa shape index (κ2) is 6.83. The van der Waals surface area contributed by atoms with Gasteiger partial charge in [0.25, 0.3) is 5.91 Å². The van der Waals surface area contributed by atoms with E-state index in [1.165, 1.54) is 0 Å². The third kappa shape index (κ3) is 3.89. The molecule has 1 aromatic carbocycles. The van der Waals surface area contributed by atoms with Crippen molar-refractivity contribution in [2.24, 2.45) is 5.92 Å². The van der Waals surface area contributed by atoms with Crippen molar-refractivity contribution in [1.82, 2.24) is 4.90 Å². The Labute approximate surface area is 143 Å². The predicted octanol–water partition coefficient (Wildman–Crippen LogP) is 3.07. The van der Waals surface area contributed by atoms with Gasteiger partial charge in [-0.3, -0.25) is 9.59 Å². The van der Waals surface area contributed by atoms with E-state index in [4.69, 9.17) is 4.74 Å². The molecule has 2 rings (SSSR count). The van der Waals surface area contributed by atoms with Gasteiger partial charge in [-0.1, -0.05) is 32.9 Å². The monoisotopic (exact) mass is 333 g/mol. The van der Waals surface area contributed by atoms with E-state index in [2.05, 4.69) is 20.8 Å². The number of rotatable bonds is 4. The normalized spacial score (nSPS) is 22.3. The van der Waals surface area contributed by atoms with Crippen molar-refractivity contribution in [3.05, 3.63) is 29.8 Å². The van der Waals surface area contributed by atoms with Gasteiger partial charge in [-0.25, -0.2) is 0 Å². The van der Waals surface area contributed by atoms with Gasteiger partial charge in [-0.05, 0) is 43.4 Å². The van der Waals surface area contributed by atoms with E-state index in [0.717, 1.165) is 5.56 Å². The van der Waals surface area contributed by atoms with E-state index in [-0.39, 0.29) is 17.4 Å². The third-order valence-electron chi connectivity index (χ3n) is 4.72. The highest BCUT2D eigenvalue weighted by molar-refractivity contribution is 5.83. The number of hydrogen-bond donors (Lipinski definition) is 1. The summed E-state index contributed by atoms with van der Waals surface area (Å²) in [6.07, 6.45) is -0.149. The Morgan fingerprint density at radius 1 is 1.33 bits per heavy atom. The van der Waals surface area contributed by atoms with Crippen molar-refractivity contribution in [3.8, 4) is 5.75 Å². The number of hydrogen-bond acceptors (Lipinski definition) is 3. The Kier molecular flexibility index (Phi) is 5.21. The number of carboxylic acids is 1. The summed E-state index contributed by atoms with van der Waals surface area (Å²) < 4.78 is 5.83. The van der Waals surface area contributed by atoms with Crippen LogP contribution in [0.1, 0.15) is 46.6 Å². The largest absolute Gasteiger partial charge is 0.481 e. The quantitative estimate of drug-likeness (QED) is 0.919. The van der Waals surface area contributed by atoms with Gasteiger partial charge < -0.3 is 14.7 Å². The maximum atomic E-state index is 12.6. The van der Waals surface area contributed by atoms with E-state index >= 15 is 0 Å². The van der Waals surface area contributed by atoms with Gasteiger partial charge in [0.05, 0.1) is 5.92 Å². The first kappa shape index (κ1) is 18.3. The third-order valence-corrected chi connectivity index (χ3v) is 4.72. The van der Waals surface area contributed by atoms with Gasteiger partial charge in [0.15, 0.2) is 6.10 Å². The smallest absolute Gasteiger partial charge is 0.308 e. The van der Waals surface area contributed by atoms with Gasteiger partial charge in [0, 0.05) is 12.6 Å². The molecule has 1 aliphatic heterocycles. The van der Waals surface area contributed by atoms with Crippen molar-refractivity contribution in [2.45, 2.75) is 58.6 Å². The first-order chi connectivity index (χ1) is 11.1.